The third-order valence-corrected chi connectivity index (χ3v) is 4.08. The van der Waals surface area contributed by atoms with Gasteiger partial charge in [-0.05, 0) is 50.3 Å². The van der Waals surface area contributed by atoms with Crippen LogP contribution in [0.25, 0.3) is 5.69 Å². The molecule has 5 nitrogen and oxygen atoms in total. The summed E-state index contributed by atoms with van der Waals surface area (Å²) >= 11 is 0. The van der Waals surface area contributed by atoms with E-state index in [1.165, 1.54) is 0 Å². The van der Waals surface area contributed by atoms with Gasteiger partial charge in [-0.1, -0.05) is 19.1 Å². The van der Waals surface area contributed by atoms with Crippen molar-refractivity contribution >= 4 is 5.91 Å². The number of aliphatic hydroxyl groups excluding tert-OH is 1. The average molecular weight is 315 g/mol. The van der Waals surface area contributed by atoms with Gasteiger partial charge in [0.05, 0.1) is 23.1 Å². The summed E-state index contributed by atoms with van der Waals surface area (Å²) in [5, 5.41) is 16.2. The average Bonchev–Trinajstić information content (AvgIpc) is 2.89. The van der Waals surface area contributed by atoms with Gasteiger partial charge in [0.2, 0.25) is 0 Å². The lowest BCUT2D eigenvalue weighted by molar-refractivity contribution is 0.0945. The summed E-state index contributed by atoms with van der Waals surface area (Å²) in [5.41, 5.74) is 4.68. The molecule has 0 aliphatic carbocycles. The van der Waals surface area contributed by atoms with E-state index < -0.39 is 0 Å². The van der Waals surface area contributed by atoms with E-state index in [1.807, 2.05) is 32.4 Å². The van der Waals surface area contributed by atoms with Crippen LogP contribution < -0.4 is 5.32 Å². The SMILES string of the molecule is Cc1ccc(C)c(-n2ncc(C(=O)NCC(C)CCO)c2C)c1. The largest absolute Gasteiger partial charge is 0.396 e. The number of amides is 1. The second-order valence-electron chi connectivity index (χ2n) is 6.17. The van der Waals surface area contributed by atoms with E-state index in [4.69, 9.17) is 5.11 Å². The fraction of sp³-hybridized carbons (Fsp3) is 0.444. The van der Waals surface area contributed by atoms with Gasteiger partial charge in [0.1, 0.15) is 0 Å². The molecular weight excluding hydrogens is 290 g/mol. The second-order valence-corrected chi connectivity index (χ2v) is 6.17. The topological polar surface area (TPSA) is 67.2 Å². The first kappa shape index (κ1) is 17.2. The lowest BCUT2D eigenvalue weighted by Gasteiger charge is -2.12. The molecule has 0 saturated carbocycles. The molecule has 0 aliphatic heterocycles. The Labute approximate surface area is 137 Å². The molecule has 1 unspecified atom stereocenters. The van der Waals surface area contributed by atoms with Crippen LogP contribution in [0.5, 0.6) is 0 Å². The van der Waals surface area contributed by atoms with Gasteiger partial charge in [-0.25, -0.2) is 4.68 Å². The first-order valence-corrected chi connectivity index (χ1v) is 7.95. The third kappa shape index (κ3) is 3.99. The zero-order valence-corrected chi connectivity index (χ0v) is 14.3. The van der Waals surface area contributed by atoms with Crippen LogP contribution in [0.1, 0.15) is 40.5 Å². The zero-order chi connectivity index (χ0) is 17.0. The first-order valence-electron chi connectivity index (χ1n) is 7.95. The Morgan fingerprint density at radius 2 is 2.09 bits per heavy atom. The van der Waals surface area contributed by atoms with Gasteiger partial charge in [0.15, 0.2) is 0 Å². The zero-order valence-electron chi connectivity index (χ0n) is 14.3. The van der Waals surface area contributed by atoms with Crippen molar-refractivity contribution < 1.29 is 9.90 Å². The van der Waals surface area contributed by atoms with Gasteiger partial charge >= 0.3 is 0 Å². The van der Waals surface area contributed by atoms with Crippen LogP contribution in [0.2, 0.25) is 0 Å². The molecule has 1 atom stereocenters. The normalized spacial score (nSPS) is 12.2. The van der Waals surface area contributed by atoms with Crippen LogP contribution in [0.4, 0.5) is 0 Å². The molecule has 2 rings (SSSR count). The lowest BCUT2D eigenvalue weighted by atomic mass is 10.1. The summed E-state index contributed by atoms with van der Waals surface area (Å²) in [5.74, 6) is 0.127. The maximum Gasteiger partial charge on any atom is 0.254 e. The van der Waals surface area contributed by atoms with E-state index in [0.29, 0.717) is 18.5 Å². The number of hydrogen-bond donors (Lipinski definition) is 2. The summed E-state index contributed by atoms with van der Waals surface area (Å²) < 4.78 is 1.81. The van der Waals surface area contributed by atoms with Crippen molar-refractivity contribution in [3.8, 4) is 5.69 Å². The monoisotopic (exact) mass is 315 g/mol. The maximum absolute atomic E-state index is 12.3. The number of nitrogens with zero attached hydrogens (tertiary/aromatic N) is 2. The molecule has 0 fully saturated rings. The highest BCUT2D eigenvalue weighted by molar-refractivity contribution is 5.95. The van der Waals surface area contributed by atoms with Crippen LogP contribution in [-0.4, -0.2) is 33.9 Å². The summed E-state index contributed by atoms with van der Waals surface area (Å²) in [4.78, 5) is 12.3. The number of aryl methyl sites for hydroxylation is 2. The Bertz CT molecular complexity index is 692. The Balaban J connectivity index is 2.19. The number of aliphatic hydroxyl groups is 1. The number of nitrogens with one attached hydrogen (secondary N) is 1. The van der Waals surface area contributed by atoms with Crippen LogP contribution in [0.3, 0.4) is 0 Å². The number of carbonyl (C=O) groups excluding carboxylic acids is 1. The Morgan fingerprint density at radius 1 is 1.35 bits per heavy atom. The number of rotatable bonds is 6. The van der Waals surface area contributed by atoms with Crippen molar-refractivity contribution in [3.05, 3.63) is 46.8 Å². The smallest absolute Gasteiger partial charge is 0.254 e. The molecule has 1 amide bonds. The van der Waals surface area contributed by atoms with Crippen molar-refractivity contribution in [1.29, 1.82) is 0 Å². The van der Waals surface area contributed by atoms with Crippen molar-refractivity contribution in [2.24, 2.45) is 5.92 Å². The van der Waals surface area contributed by atoms with E-state index in [0.717, 1.165) is 22.5 Å². The minimum absolute atomic E-state index is 0.121. The molecule has 0 saturated heterocycles. The highest BCUT2D eigenvalue weighted by Gasteiger charge is 2.16. The van der Waals surface area contributed by atoms with Crippen LogP contribution >= 0.6 is 0 Å². The molecule has 124 valence electrons. The Morgan fingerprint density at radius 3 is 2.78 bits per heavy atom. The molecule has 0 bridgehead atoms. The summed E-state index contributed by atoms with van der Waals surface area (Å²) in [6, 6.07) is 6.19. The molecule has 0 spiro atoms. The Kier molecular flexibility index (Phi) is 5.55. The van der Waals surface area contributed by atoms with E-state index >= 15 is 0 Å². The minimum Gasteiger partial charge on any atom is -0.396 e. The molecule has 1 heterocycles. The van der Waals surface area contributed by atoms with Crippen molar-refractivity contribution in [2.75, 3.05) is 13.2 Å². The molecule has 5 heteroatoms. The van der Waals surface area contributed by atoms with Crippen molar-refractivity contribution in [1.82, 2.24) is 15.1 Å². The lowest BCUT2D eigenvalue weighted by Crippen LogP contribution is -2.29. The number of benzene rings is 1. The van der Waals surface area contributed by atoms with Gasteiger partial charge in [0.25, 0.3) is 5.91 Å². The van der Waals surface area contributed by atoms with Gasteiger partial charge in [-0.3, -0.25) is 4.79 Å². The second kappa shape index (κ2) is 7.42. The maximum atomic E-state index is 12.3. The predicted molar refractivity (Wildman–Crippen MR) is 91.0 cm³/mol. The molecule has 1 aromatic heterocycles. The van der Waals surface area contributed by atoms with Gasteiger partial charge in [-0.2, -0.15) is 5.10 Å². The van der Waals surface area contributed by atoms with E-state index in [9.17, 15) is 4.79 Å². The third-order valence-electron chi connectivity index (χ3n) is 4.08. The first-order chi connectivity index (χ1) is 10.9. The van der Waals surface area contributed by atoms with Gasteiger partial charge in [-0.15, -0.1) is 0 Å². The predicted octanol–water partition coefficient (Wildman–Crippen LogP) is 2.55. The van der Waals surface area contributed by atoms with Gasteiger partial charge < -0.3 is 10.4 Å². The molecule has 2 N–H and O–H groups in total. The van der Waals surface area contributed by atoms with Crippen LogP contribution in [0, 0.1) is 26.7 Å². The molecule has 23 heavy (non-hydrogen) atoms. The summed E-state index contributed by atoms with van der Waals surface area (Å²) in [7, 11) is 0. The minimum atomic E-state index is -0.121. The van der Waals surface area contributed by atoms with Crippen molar-refractivity contribution in [3.63, 3.8) is 0 Å². The molecule has 0 radical (unpaired) electrons. The highest BCUT2D eigenvalue weighted by Crippen LogP contribution is 2.19. The van der Waals surface area contributed by atoms with E-state index in [-0.39, 0.29) is 18.4 Å². The molecule has 2 aromatic rings. The van der Waals surface area contributed by atoms with Crippen molar-refractivity contribution in [2.45, 2.75) is 34.1 Å². The fourth-order valence-corrected chi connectivity index (χ4v) is 2.51. The number of aromatic nitrogens is 2. The van der Waals surface area contributed by atoms with Gasteiger partial charge in [0, 0.05) is 13.2 Å². The molecule has 0 aliphatic rings. The van der Waals surface area contributed by atoms with E-state index in [2.05, 4.69) is 28.6 Å². The van der Waals surface area contributed by atoms with Crippen LogP contribution in [-0.2, 0) is 0 Å². The molecular formula is C18H25N3O2. The Hall–Kier alpha value is -2.14. The number of hydrogen-bond acceptors (Lipinski definition) is 3. The fourth-order valence-electron chi connectivity index (χ4n) is 2.51. The summed E-state index contributed by atoms with van der Waals surface area (Å²) in [6.07, 6.45) is 2.30. The standard InChI is InChI=1S/C18H25N3O2/c1-12-5-6-14(3)17(9-12)21-15(4)16(11-20-21)18(23)19-10-13(2)7-8-22/h5-6,9,11,13,22H,7-8,10H2,1-4H3,(H,19,23). The van der Waals surface area contributed by atoms with Crippen LogP contribution in [0.15, 0.2) is 24.4 Å². The quantitative estimate of drug-likeness (QED) is 0.861. The highest BCUT2D eigenvalue weighted by atomic mass is 16.3. The summed E-state index contributed by atoms with van der Waals surface area (Å²) in [6.45, 7) is 8.67. The molecule has 1 aromatic carbocycles. The number of carbonyl (C=O) groups is 1. The van der Waals surface area contributed by atoms with E-state index in [1.54, 1.807) is 6.20 Å².